The van der Waals surface area contributed by atoms with Gasteiger partial charge in [-0.15, -0.1) is 0 Å². The van der Waals surface area contributed by atoms with E-state index in [0.29, 0.717) is 10.7 Å². The second-order valence-electron chi connectivity index (χ2n) is 4.27. The van der Waals surface area contributed by atoms with Crippen LogP contribution in [-0.4, -0.2) is 8.42 Å². The number of hydrogen-bond acceptors (Lipinski definition) is 3. The van der Waals surface area contributed by atoms with E-state index >= 15 is 0 Å². The van der Waals surface area contributed by atoms with Gasteiger partial charge in [-0.25, -0.2) is 8.42 Å². The molecule has 0 bridgehead atoms. The van der Waals surface area contributed by atoms with Gasteiger partial charge in [0.1, 0.15) is 4.90 Å². The van der Waals surface area contributed by atoms with E-state index in [1.54, 1.807) is 30.3 Å². The molecule has 4 nitrogen and oxygen atoms in total. The molecule has 2 aromatic rings. The van der Waals surface area contributed by atoms with Gasteiger partial charge in [-0.1, -0.05) is 33.6 Å². The molecule has 0 radical (unpaired) electrons. The SMILES string of the molecule is Cc1ccc(S(=O)(=O)Nc2ccc(Br)cc2Cl)c(N)c1. The molecular weight excluding hydrogens is 364 g/mol. The van der Waals surface area contributed by atoms with Gasteiger partial charge in [-0.05, 0) is 42.8 Å². The van der Waals surface area contributed by atoms with Gasteiger partial charge < -0.3 is 5.73 Å². The maximum absolute atomic E-state index is 12.3. The molecule has 0 spiro atoms. The minimum Gasteiger partial charge on any atom is -0.398 e. The smallest absolute Gasteiger partial charge is 0.263 e. The highest BCUT2D eigenvalue weighted by Crippen LogP contribution is 2.29. The number of hydrogen-bond donors (Lipinski definition) is 2. The van der Waals surface area contributed by atoms with Crippen molar-refractivity contribution in [3.8, 4) is 0 Å². The Morgan fingerprint density at radius 3 is 2.50 bits per heavy atom. The first-order chi connectivity index (χ1) is 9.29. The molecule has 0 saturated heterocycles. The molecule has 0 heterocycles. The Balaban J connectivity index is 2.41. The first kappa shape index (κ1) is 15.2. The van der Waals surface area contributed by atoms with E-state index in [-0.39, 0.29) is 10.6 Å². The van der Waals surface area contributed by atoms with Crippen LogP contribution in [0.15, 0.2) is 45.8 Å². The number of nitrogens with one attached hydrogen (secondary N) is 1. The van der Waals surface area contributed by atoms with E-state index < -0.39 is 10.0 Å². The van der Waals surface area contributed by atoms with Crippen LogP contribution in [0.25, 0.3) is 0 Å². The molecule has 0 aliphatic rings. The Bertz CT molecular complexity index is 763. The van der Waals surface area contributed by atoms with Crippen LogP contribution in [-0.2, 0) is 10.0 Å². The molecular formula is C13H12BrClN2O2S. The van der Waals surface area contributed by atoms with Crippen molar-refractivity contribution in [3.05, 3.63) is 51.5 Å². The van der Waals surface area contributed by atoms with Gasteiger partial charge in [0.2, 0.25) is 0 Å². The zero-order valence-corrected chi connectivity index (χ0v) is 13.7. The molecule has 0 fully saturated rings. The highest BCUT2D eigenvalue weighted by molar-refractivity contribution is 9.10. The molecule has 0 atom stereocenters. The minimum atomic E-state index is -3.77. The Morgan fingerprint density at radius 1 is 1.20 bits per heavy atom. The van der Waals surface area contributed by atoms with Gasteiger partial charge in [0.05, 0.1) is 16.4 Å². The van der Waals surface area contributed by atoms with Crippen LogP contribution in [0.4, 0.5) is 11.4 Å². The number of aryl methyl sites for hydroxylation is 1. The van der Waals surface area contributed by atoms with Crippen molar-refractivity contribution in [1.29, 1.82) is 0 Å². The predicted octanol–water partition coefficient (Wildman–Crippen LogP) is 3.79. The Hall–Kier alpha value is -1.24. The number of anilines is 2. The number of halogens is 2. The predicted molar refractivity (Wildman–Crippen MR) is 85.6 cm³/mol. The average molecular weight is 376 g/mol. The largest absolute Gasteiger partial charge is 0.398 e. The lowest BCUT2D eigenvalue weighted by molar-refractivity contribution is 0.601. The van der Waals surface area contributed by atoms with Gasteiger partial charge in [0.15, 0.2) is 0 Å². The highest BCUT2D eigenvalue weighted by Gasteiger charge is 2.18. The van der Waals surface area contributed by atoms with E-state index in [1.165, 1.54) is 6.07 Å². The quantitative estimate of drug-likeness (QED) is 0.802. The third kappa shape index (κ3) is 3.26. The van der Waals surface area contributed by atoms with E-state index in [4.69, 9.17) is 17.3 Å². The van der Waals surface area contributed by atoms with Crippen molar-refractivity contribution in [1.82, 2.24) is 0 Å². The van der Waals surface area contributed by atoms with E-state index in [1.807, 2.05) is 6.92 Å². The van der Waals surface area contributed by atoms with E-state index in [0.717, 1.165) is 10.0 Å². The highest BCUT2D eigenvalue weighted by atomic mass is 79.9. The topological polar surface area (TPSA) is 72.2 Å². The number of rotatable bonds is 3. The Morgan fingerprint density at radius 2 is 1.90 bits per heavy atom. The lowest BCUT2D eigenvalue weighted by Gasteiger charge is -2.12. The normalized spacial score (nSPS) is 11.3. The molecule has 0 aromatic heterocycles. The maximum atomic E-state index is 12.3. The van der Waals surface area contributed by atoms with Crippen molar-refractivity contribution < 1.29 is 8.42 Å². The monoisotopic (exact) mass is 374 g/mol. The fraction of sp³-hybridized carbons (Fsp3) is 0.0769. The van der Waals surface area contributed by atoms with Crippen LogP contribution >= 0.6 is 27.5 Å². The summed E-state index contributed by atoms with van der Waals surface area (Å²) in [5, 5.41) is 0.300. The molecule has 20 heavy (non-hydrogen) atoms. The molecule has 0 aliphatic carbocycles. The zero-order chi connectivity index (χ0) is 14.9. The van der Waals surface area contributed by atoms with Crippen molar-refractivity contribution in [2.45, 2.75) is 11.8 Å². The van der Waals surface area contributed by atoms with Crippen LogP contribution in [0, 0.1) is 6.92 Å². The summed E-state index contributed by atoms with van der Waals surface area (Å²) >= 11 is 9.26. The lowest BCUT2D eigenvalue weighted by Crippen LogP contribution is -2.15. The lowest BCUT2D eigenvalue weighted by atomic mass is 10.2. The van der Waals surface area contributed by atoms with Crippen LogP contribution in [0.1, 0.15) is 5.56 Å². The molecule has 7 heteroatoms. The number of sulfonamides is 1. The summed E-state index contributed by atoms with van der Waals surface area (Å²) in [7, 11) is -3.77. The third-order valence-electron chi connectivity index (χ3n) is 2.63. The maximum Gasteiger partial charge on any atom is 0.263 e. The van der Waals surface area contributed by atoms with Gasteiger partial charge in [-0.2, -0.15) is 0 Å². The standard InChI is InChI=1S/C13H12BrClN2O2S/c1-8-2-5-13(11(16)6-8)20(18,19)17-12-4-3-9(14)7-10(12)15/h2-7,17H,16H2,1H3. The summed E-state index contributed by atoms with van der Waals surface area (Å²) in [6.45, 7) is 1.84. The van der Waals surface area contributed by atoms with Crippen molar-refractivity contribution in [3.63, 3.8) is 0 Å². The zero-order valence-electron chi connectivity index (χ0n) is 10.5. The fourth-order valence-corrected chi connectivity index (χ4v) is 3.66. The second kappa shape index (κ2) is 5.63. The van der Waals surface area contributed by atoms with Crippen LogP contribution in [0.2, 0.25) is 5.02 Å². The van der Waals surface area contributed by atoms with Crippen molar-refractivity contribution >= 4 is 48.9 Å². The molecule has 0 aliphatic heterocycles. The molecule has 0 amide bonds. The summed E-state index contributed by atoms with van der Waals surface area (Å²) in [6.07, 6.45) is 0. The molecule has 2 aromatic carbocycles. The van der Waals surface area contributed by atoms with Crippen LogP contribution in [0.3, 0.4) is 0 Å². The third-order valence-corrected chi connectivity index (χ3v) is 4.88. The van der Waals surface area contributed by atoms with Gasteiger partial charge in [0, 0.05) is 4.47 Å². The minimum absolute atomic E-state index is 0.0297. The van der Waals surface area contributed by atoms with E-state index in [2.05, 4.69) is 20.7 Å². The number of nitrogens with two attached hydrogens (primary N) is 1. The molecule has 3 N–H and O–H groups in total. The summed E-state index contributed by atoms with van der Waals surface area (Å²) < 4.78 is 27.8. The molecule has 2 rings (SSSR count). The first-order valence-corrected chi connectivity index (χ1v) is 8.29. The summed E-state index contributed by atoms with van der Waals surface area (Å²) in [5.74, 6) is 0. The van der Waals surface area contributed by atoms with Crippen LogP contribution in [0.5, 0.6) is 0 Å². The number of nitrogen functional groups attached to an aromatic ring is 1. The average Bonchev–Trinajstić information content (AvgIpc) is 2.32. The van der Waals surface area contributed by atoms with Crippen molar-refractivity contribution in [2.75, 3.05) is 10.5 Å². The Labute approximate surface area is 131 Å². The molecule has 106 valence electrons. The fourth-order valence-electron chi connectivity index (χ4n) is 1.68. The summed E-state index contributed by atoms with van der Waals surface area (Å²) in [5.41, 5.74) is 7.16. The molecule has 0 saturated carbocycles. The first-order valence-electron chi connectivity index (χ1n) is 5.63. The summed E-state index contributed by atoms with van der Waals surface area (Å²) in [6, 6.07) is 9.65. The van der Waals surface area contributed by atoms with E-state index in [9.17, 15) is 8.42 Å². The summed E-state index contributed by atoms with van der Waals surface area (Å²) in [4.78, 5) is 0.0297. The van der Waals surface area contributed by atoms with Crippen molar-refractivity contribution in [2.24, 2.45) is 0 Å². The molecule has 0 unspecified atom stereocenters. The second-order valence-corrected chi connectivity index (χ2v) is 7.24. The van der Waals surface area contributed by atoms with Crippen LogP contribution < -0.4 is 10.5 Å². The van der Waals surface area contributed by atoms with Gasteiger partial charge >= 0.3 is 0 Å². The van der Waals surface area contributed by atoms with Gasteiger partial charge in [-0.3, -0.25) is 4.72 Å². The Kier molecular flexibility index (Phi) is 4.27. The van der Waals surface area contributed by atoms with Gasteiger partial charge in [0.25, 0.3) is 10.0 Å². The number of benzene rings is 2.